The zero-order chi connectivity index (χ0) is 27.2. The van der Waals surface area contributed by atoms with Gasteiger partial charge in [-0.2, -0.15) is 0 Å². The fraction of sp³-hybridized carbons (Fsp3) is 0.344. The van der Waals surface area contributed by atoms with Gasteiger partial charge in [0.25, 0.3) is 0 Å². The maximum absolute atomic E-state index is 12.7. The van der Waals surface area contributed by atoms with Crippen LogP contribution in [0, 0.1) is 5.92 Å². The van der Waals surface area contributed by atoms with Crippen LogP contribution in [-0.2, 0) is 20.8 Å². The lowest BCUT2D eigenvalue weighted by Gasteiger charge is -2.18. The van der Waals surface area contributed by atoms with Gasteiger partial charge in [0.15, 0.2) is 5.78 Å². The lowest BCUT2D eigenvalue weighted by atomic mass is 9.88. The monoisotopic (exact) mass is 514 g/mol. The summed E-state index contributed by atoms with van der Waals surface area (Å²) >= 11 is 0. The molecule has 3 aromatic rings. The van der Waals surface area contributed by atoms with Gasteiger partial charge in [-0.25, -0.2) is 0 Å². The van der Waals surface area contributed by atoms with E-state index in [1.165, 1.54) is 0 Å². The van der Waals surface area contributed by atoms with E-state index in [2.05, 4.69) is 10.6 Å². The molecule has 0 heterocycles. The maximum atomic E-state index is 12.7. The van der Waals surface area contributed by atoms with Gasteiger partial charge in [-0.1, -0.05) is 97.9 Å². The van der Waals surface area contributed by atoms with Crippen LogP contribution < -0.4 is 10.6 Å². The Morgan fingerprint density at radius 1 is 0.711 bits per heavy atom. The minimum absolute atomic E-state index is 0.0267. The number of hydrogen-bond acceptors (Lipinski definition) is 4. The van der Waals surface area contributed by atoms with E-state index in [-0.39, 0.29) is 42.4 Å². The van der Waals surface area contributed by atoms with Gasteiger partial charge in [0, 0.05) is 25.3 Å². The third-order valence-electron chi connectivity index (χ3n) is 6.67. The van der Waals surface area contributed by atoms with Gasteiger partial charge in [0.1, 0.15) is 6.10 Å². The number of amides is 2. The van der Waals surface area contributed by atoms with E-state index >= 15 is 0 Å². The molecule has 2 amide bonds. The Balaban J connectivity index is 1.35. The lowest BCUT2D eigenvalue weighted by Crippen LogP contribution is -2.36. The van der Waals surface area contributed by atoms with Gasteiger partial charge in [-0.05, 0) is 41.9 Å². The van der Waals surface area contributed by atoms with E-state index in [1.54, 1.807) is 0 Å². The molecule has 0 radical (unpaired) electrons. The van der Waals surface area contributed by atoms with Crippen LogP contribution in [0.15, 0.2) is 91.0 Å². The Bertz CT molecular complexity index is 1100. The van der Waals surface area contributed by atoms with Gasteiger partial charge in [-0.15, -0.1) is 0 Å². The summed E-state index contributed by atoms with van der Waals surface area (Å²) in [7, 11) is 0. The molecular weight excluding hydrogens is 476 g/mol. The number of nitrogens with one attached hydrogen (secondary N) is 2. The van der Waals surface area contributed by atoms with Crippen molar-refractivity contribution in [1.29, 1.82) is 0 Å². The summed E-state index contributed by atoms with van der Waals surface area (Å²) in [5.41, 5.74) is 3.25. The van der Waals surface area contributed by atoms with Crippen LogP contribution in [0.3, 0.4) is 0 Å². The van der Waals surface area contributed by atoms with Crippen LogP contribution in [-0.4, -0.2) is 41.9 Å². The zero-order valence-corrected chi connectivity index (χ0v) is 22.0. The summed E-state index contributed by atoms with van der Waals surface area (Å²) in [6, 6.07) is 29.7. The van der Waals surface area contributed by atoms with Gasteiger partial charge in [-0.3, -0.25) is 14.4 Å². The Morgan fingerprint density at radius 3 is 1.82 bits per heavy atom. The second-order valence-electron chi connectivity index (χ2n) is 9.81. The standard InChI is InChI=1S/C32H38N2O4/c1-24(21-31(37)34-23-30(36)29(35)18-17-25-11-5-2-6-12-25)19-20-33-32(38)22-28(26-13-7-3-8-14-26)27-15-9-4-10-16-27/h2-16,24,28-29,35H,17-23H2,1H3,(H,33,38)(H,34,37). The number of ketones is 1. The number of carbonyl (C=O) groups excluding carboxylic acids is 3. The third-order valence-corrected chi connectivity index (χ3v) is 6.67. The minimum Gasteiger partial charge on any atom is -0.385 e. The van der Waals surface area contributed by atoms with Crippen molar-refractivity contribution >= 4 is 17.6 Å². The van der Waals surface area contributed by atoms with Crippen LogP contribution in [0.5, 0.6) is 0 Å². The first-order chi connectivity index (χ1) is 18.4. The average Bonchev–Trinajstić information content (AvgIpc) is 2.94. The summed E-state index contributed by atoms with van der Waals surface area (Å²) < 4.78 is 0. The molecule has 3 rings (SSSR count). The number of Topliss-reactive ketones (excluding diaryl/α,β-unsaturated/α-hetero) is 1. The highest BCUT2D eigenvalue weighted by Crippen LogP contribution is 2.27. The molecule has 3 N–H and O–H groups in total. The third kappa shape index (κ3) is 9.94. The smallest absolute Gasteiger partial charge is 0.220 e. The van der Waals surface area contributed by atoms with Crippen molar-refractivity contribution in [1.82, 2.24) is 10.6 Å². The fourth-order valence-corrected chi connectivity index (χ4v) is 4.42. The van der Waals surface area contributed by atoms with Gasteiger partial charge in [0.05, 0.1) is 6.54 Å². The molecule has 0 saturated carbocycles. The van der Waals surface area contributed by atoms with Crippen LogP contribution in [0.2, 0.25) is 0 Å². The summed E-state index contributed by atoms with van der Waals surface area (Å²) in [4.78, 5) is 37.2. The lowest BCUT2D eigenvalue weighted by molar-refractivity contribution is -0.130. The number of rotatable bonds is 15. The SMILES string of the molecule is CC(CCNC(=O)CC(c1ccccc1)c1ccccc1)CC(=O)NCC(=O)C(O)CCc1ccccc1. The number of aliphatic hydroxyl groups excluding tert-OH is 1. The van der Waals surface area contributed by atoms with E-state index in [0.29, 0.717) is 32.2 Å². The topological polar surface area (TPSA) is 95.5 Å². The van der Waals surface area contributed by atoms with Crippen molar-refractivity contribution in [2.24, 2.45) is 5.92 Å². The molecule has 200 valence electrons. The minimum atomic E-state index is -1.10. The number of aliphatic hydroxyl groups is 1. The fourth-order valence-electron chi connectivity index (χ4n) is 4.42. The van der Waals surface area contributed by atoms with E-state index in [0.717, 1.165) is 16.7 Å². The number of benzene rings is 3. The Kier molecular flexibility index (Phi) is 11.7. The van der Waals surface area contributed by atoms with Crippen molar-refractivity contribution in [2.45, 2.75) is 51.0 Å². The first kappa shape index (κ1) is 28.8. The average molecular weight is 515 g/mol. The summed E-state index contributed by atoms with van der Waals surface area (Å²) in [6.07, 6.45) is 1.07. The van der Waals surface area contributed by atoms with Gasteiger partial charge < -0.3 is 15.7 Å². The molecule has 0 aliphatic heterocycles. The predicted molar refractivity (Wildman–Crippen MR) is 150 cm³/mol. The highest BCUT2D eigenvalue weighted by atomic mass is 16.3. The molecule has 0 bridgehead atoms. The van der Waals surface area contributed by atoms with Gasteiger partial charge in [0.2, 0.25) is 11.8 Å². The Morgan fingerprint density at radius 2 is 1.24 bits per heavy atom. The van der Waals surface area contributed by atoms with Crippen LogP contribution >= 0.6 is 0 Å². The first-order valence-corrected chi connectivity index (χ1v) is 13.3. The Hall–Kier alpha value is -3.77. The van der Waals surface area contributed by atoms with E-state index in [4.69, 9.17) is 0 Å². The zero-order valence-electron chi connectivity index (χ0n) is 22.0. The molecule has 0 aromatic heterocycles. The number of hydrogen-bond donors (Lipinski definition) is 3. The molecule has 6 heteroatoms. The first-order valence-electron chi connectivity index (χ1n) is 13.3. The highest BCUT2D eigenvalue weighted by molar-refractivity contribution is 5.88. The molecule has 2 atom stereocenters. The van der Waals surface area contributed by atoms with Crippen molar-refractivity contribution in [3.8, 4) is 0 Å². The summed E-state index contributed by atoms with van der Waals surface area (Å²) in [5, 5.41) is 15.7. The quantitative estimate of drug-likeness (QED) is 0.280. The van der Waals surface area contributed by atoms with Crippen molar-refractivity contribution < 1.29 is 19.5 Å². The molecule has 0 aliphatic rings. The molecule has 38 heavy (non-hydrogen) atoms. The molecule has 0 spiro atoms. The maximum Gasteiger partial charge on any atom is 0.220 e. The predicted octanol–water partition coefficient (Wildman–Crippen LogP) is 4.42. The van der Waals surface area contributed by atoms with Crippen LogP contribution in [0.4, 0.5) is 0 Å². The molecule has 0 fully saturated rings. The molecule has 0 aliphatic carbocycles. The largest absolute Gasteiger partial charge is 0.385 e. The normalized spacial score (nSPS) is 12.5. The molecule has 0 saturated heterocycles. The van der Waals surface area contributed by atoms with Crippen molar-refractivity contribution in [3.63, 3.8) is 0 Å². The van der Waals surface area contributed by atoms with Crippen molar-refractivity contribution in [3.05, 3.63) is 108 Å². The molecular formula is C32H38N2O4. The van der Waals surface area contributed by atoms with E-state index < -0.39 is 6.10 Å². The summed E-state index contributed by atoms with van der Waals surface area (Å²) in [5.74, 6) is -0.649. The van der Waals surface area contributed by atoms with Gasteiger partial charge >= 0.3 is 0 Å². The van der Waals surface area contributed by atoms with Crippen LogP contribution in [0.1, 0.15) is 55.2 Å². The van der Waals surface area contributed by atoms with Crippen LogP contribution in [0.25, 0.3) is 0 Å². The summed E-state index contributed by atoms with van der Waals surface area (Å²) in [6.45, 7) is 2.23. The van der Waals surface area contributed by atoms with Crippen molar-refractivity contribution in [2.75, 3.05) is 13.1 Å². The molecule has 6 nitrogen and oxygen atoms in total. The Labute approximate surface area is 225 Å². The highest BCUT2D eigenvalue weighted by Gasteiger charge is 2.19. The number of aryl methyl sites for hydroxylation is 1. The molecule has 3 aromatic carbocycles. The number of carbonyl (C=O) groups is 3. The van der Waals surface area contributed by atoms with E-state index in [9.17, 15) is 19.5 Å². The second-order valence-corrected chi connectivity index (χ2v) is 9.81. The second kappa shape index (κ2) is 15.5. The molecule has 2 unspecified atom stereocenters. The van der Waals surface area contributed by atoms with E-state index in [1.807, 2.05) is 97.9 Å².